The Kier molecular flexibility index (Phi) is 3.71. The maximum atomic E-state index is 12.0. The lowest BCUT2D eigenvalue weighted by Crippen LogP contribution is -2.17. The van der Waals surface area contributed by atoms with Crippen LogP contribution in [0.2, 0.25) is 0 Å². The minimum Gasteiger partial charge on any atom is -0.302 e. The van der Waals surface area contributed by atoms with Crippen molar-refractivity contribution in [3.63, 3.8) is 0 Å². The van der Waals surface area contributed by atoms with Gasteiger partial charge in [0, 0.05) is 6.42 Å². The number of hydrogen-bond acceptors (Lipinski definition) is 5. The van der Waals surface area contributed by atoms with Crippen LogP contribution in [0.4, 0.5) is 5.13 Å². The molecule has 0 aliphatic carbocycles. The molecule has 0 unspecified atom stereocenters. The first kappa shape index (κ1) is 14.5. The molecule has 1 aliphatic heterocycles. The predicted molar refractivity (Wildman–Crippen MR) is 84.4 cm³/mol. The van der Waals surface area contributed by atoms with Crippen LogP contribution in [-0.4, -0.2) is 30.8 Å². The van der Waals surface area contributed by atoms with Gasteiger partial charge in [-0.15, -0.1) is 0 Å². The fourth-order valence-electron chi connectivity index (χ4n) is 2.61. The van der Waals surface area contributed by atoms with Crippen molar-refractivity contribution in [2.75, 3.05) is 16.8 Å². The number of hydrogen-bond donors (Lipinski definition) is 1. The van der Waals surface area contributed by atoms with E-state index in [2.05, 4.69) is 10.3 Å². The molecule has 0 radical (unpaired) electrons. The van der Waals surface area contributed by atoms with E-state index in [1.54, 1.807) is 0 Å². The van der Waals surface area contributed by atoms with Crippen molar-refractivity contribution in [1.82, 2.24) is 4.98 Å². The first-order valence-corrected chi connectivity index (χ1v) is 9.43. The summed E-state index contributed by atoms with van der Waals surface area (Å²) in [4.78, 5) is 16.4. The second-order valence-corrected chi connectivity index (χ2v) is 8.72. The molecule has 1 aromatic carbocycles. The summed E-state index contributed by atoms with van der Waals surface area (Å²) in [6, 6.07) is 5.92. The van der Waals surface area contributed by atoms with Gasteiger partial charge in [0.25, 0.3) is 0 Å². The summed E-state index contributed by atoms with van der Waals surface area (Å²) in [7, 11) is -2.93. The lowest BCUT2D eigenvalue weighted by molar-refractivity contribution is -0.116. The van der Waals surface area contributed by atoms with Crippen LogP contribution in [0.25, 0.3) is 10.2 Å². The number of fused-ring (bicyclic) bond motifs is 1. The molecular formula is C14H16N2O3S2. The predicted octanol–water partition coefficient (Wildman–Crippen LogP) is 2.37. The van der Waals surface area contributed by atoms with Crippen molar-refractivity contribution < 1.29 is 13.2 Å². The van der Waals surface area contributed by atoms with E-state index < -0.39 is 9.84 Å². The molecule has 1 aliphatic rings. The monoisotopic (exact) mass is 324 g/mol. The van der Waals surface area contributed by atoms with Crippen LogP contribution in [0.3, 0.4) is 0 Å². The summed E-state index contributed by atoms with van der Waals surface area (Å²) in [5, 5.41) is 3.36. The largest absolute Gasteiger partial charge is 0.302 e. The van der Waals surface area contributed by atoms with E-state index >= 15 is 0 Å². The Morgan fingerprint density at radius 2 is 2.29 bits per heavy atom. The number of rotatable bonds is 3. The Hall–Kier alpha value is -1.47. The van der Waals surface area contributed by atoms with Gasteiger partial charge in [0.1, 0.15) is 0 Å². The van der Waals surface area contributed by atoms with Crippen LogP contribution in [0.5, 0.6) is 0 Å². The molecule has 0 bridgehead atoms. The number of aryl methyl sites for hydroxylation is 1. The lowest BCUT2D eigenvalue weighted by Gasteiger charge is -2.06. The molecule has 2 heterocycles. The summed E-state index contributed by atoms with van der Waals surface area (Å²) in [6.45, 7) is 1.98. The topological polar surface area (TPSA) is 76.1 Å². The standard InChI is InChI=1S/C14H16N2O3S2/c1-9-3-2-4-11-13(9)16-14(20-11)15-12(17)7-10-5-6-21(18,19)8-10/h2-4,10H,5-8H2,1H3,(H,15,16,17)/t10-/m1/s1. The molecule has 5 nitrogen and oxygen atoms in total. The number of sulfone groups is 1. The average molecular weight is 324 g/mol. The highest BCUT2D eigenvalue weighted by molar-refractivity contribution is 7.91. The van der Waals surface area contributed by atoms with Crippen molar-refractivity contribution in [2.24, 2.45) is 5.92 Å². The third-order valence-corrected chi connectivity index (χ3v) is 6.44. The van der Waals surface area contributed by atoms with Crippen LogP contribution in [0.1, 0.15) is 18.4 Å². The van der Waals surface area contributed by atoms with Crippen LogP contribution >= 0.6 is 11.3 Å². The first-order valence-electron chi connectivity index (χ1n) is 6.79. The maximum absolute atomic E-state index is 12.0. The van der Waals surface area contributed by atoms with E-state index in [0.29, 0.717) is 11.6 Å². The Labute approximate surface area is 127 Å². The molecule has 112 valence electrons. The number of para-hydroxylation sites is 1. The first-order chi connectivity index (χ1) is 9.93. The molecule has 1 amide bonds. The minimum atomic E-state index is -2.93. The molecule has 3 rings (SSSR count). The van der Waals surface area contributed by atoms with E-state index in [1.165, 1.54) is 11.3 Å². The molecule has 1 fully saturated rings. The van der Waals surface area contributed by atoms with E-state index in [9.17, 15) is 13.2 Å². The zero-order chi connectivity index (χ0) is 15.0. The zero-order valence-corrected chi connectivity index (χ0v) is 13.3. The van der Waals surface area contributed by atoms with Crippen molar-refractivity contribution in [3.05, 3.63) is 23.8 Å². The number of anilines is 1. The van der Waals surface area contributed by atoms with E-state index in [1.807, 2.05) is 25.1 Å². The van der Waals surface area contributed by atoms with Gasteiger partial charge in [-0.1, -0.05) is 23.5 Å². The van der Waals surface area contributed by atoms with Gasteiger partial charge in [0.15, 0.2) is 15.0 Å². The van der Waals surface area contributed by atoms with Gasteiger partial charge in [-0.05, 0) is 30.9 Å². The summed E-state index contributed by atoms with van der Waals surface area (Å²) < 4.78 is 23.8. The molecular weight excluding hydrogens is 308 g/mol. The fraction of sp³-hybridized carbons (Fsp3) is 0.429. The van der Waals surface area contributed by atoms with Crippen LogP contribution in [0, 0.1) is 12.8 Å². The third kappa shape index (κ3) is 3.24. The van der Waals surface area contributed by atoms with E-state index in [-0.39, 0.29) is 29.8 Å². The number of benzene rings is 1. The zero-order valence-electron chi connectivity index (χ0n) is 11.6. The quantitative estimate of drug-likeness (QED) is 0.940. The van der Waals surface area contributed by atoms with Gasteiger partial charge in [-0.25, -0.2) is 13.4 Å². The van der Waals surface area contributed by atoms with Gasteiger partial charge >= 0.3 is 0 Å². The Balaban J connectivity index is 1.68. The Morgan fingerprint density at radius 3 is 2.95 bits per heavy atom. The number of carbonyl (C=O) groups excluding carboxylic acids is 1. The van der Waals surface area contributed by atoms with Gasteiger partial charge < -0.3 is 5.32 Å². The van der Waals surface area contributed by atoms with Crippen molar-refractivity contribution in [2.45, 2.75) is 19.8 Å². The number of nitrogens with one attached hydrogen (secondary N) is 1. The number of carbonyl (C=O) groups is 1. The van der Waals surface area contributed by atoms with Crippen molar-refractivity contribution >= 4 is 42.4 Å². The average Bonchev–Trinajstić information content (AvgIpc) is 2.93. The third-order valence-electron chi connectivity index (χ3n) is 3.67. The number of aromatic nitrogens is 1. The van der Waals surface area contributed by atoms with Crippen LogP contribution < -0.4 is 5.32 Å². The Bertz CT molecular complexity index is 796. The fourth-order valence-corrected chi connectivity index (χ4v) is 5.43. The van der Waals surface area contributed by atoms with Crippen LogP contribution in [0.15, 0.2) is 18.2 Å². The molecule has 2 aromatic rings. The summed E-state index contributed by atoms with van der Waals surface area (Å²) in [5.41, 5.74) is 1.98. The molecule has 1 N–H and O–H groups in total. The van der Waals surface area contributed by atoms with E-state index in [0.717, 1.165) is 15.8 Å². The molecule has 0 spiro atoms. The maximum Gasteiger partial charge on any atom is 0.226 e. The molecule has 1 atom stereocenters. The molecule has 0 saturated carbocycles. The summed E-state index contributed by atoms with van der Waals surface area (Å²) >= 11 is 1.44. The number of amides is 1. The van der Waals surface area contributed by atoms with Gasteiger partial charge in [-0.3, -0.25) is 4.79 Å². The normalized spacial score (nSPS) is 20.7. The highest BCUT2D eigenvalue weighted by Crippen LogP contribution is 2.28. The summed E-state index contributed by atoms with van der Waals surface area (Å²) in [6.07, 6.45) is 0.822. The van der Waals surface area contributed by atoms with Crippen molar-refractivity contribution in [1.29, 1.82) is 0 Å². The summed E-state index contributed by atoms with van der Waals surface area (Å²) in [5.74, 6) is 0.102. The van der Waals surface area contributed by atoms with E-state index in [4.69, 9.17) is 0 Å². The van der Waals surface area contributed by atoms with Gasteiger partial charge in [0.2, 0.25) is 5.91 Å². The highest BCUT2D eigenvalue weighted by atomic mass is 32.2. The lowest BCUT2D eigenvalue weighted by atomic mass is 10.1. The Morgan fingerprint density at radius 1 is 1.48 bits per heavy atom. The van der Waals surface area contributed by atoms with Gasteiger partial charge in [0.05, 0.1) is 21.7 Å². The molecule has 21 heavy (non-hydrogen) atoms. The van der Waals surface area contributed by atoms with Crippen molar-refractivity contribution in [3.8, 4) is 0 Å². The highest BCUT2D eigenvalue weighted by Gasteiger charge is 2.29. The second kappa shape index (κ2) is 5.38. The molecule has 1 saturated heterocycles. The number of thiazole rings is 1. The molecule has 7 heteroatoms. The van der Waals surface area contributed by atoms with Gasteiger partial charge in [-0.2, -0.15) is 0 Å². The van der Waals surface area contributed by atoms with Crippen LogP contribution in [-0.2, 0) is 14.6 Å². The SMILES string of the molecule is Cc1cccc2sc(NC(=O)C[C@H]3CCS(=O)(=O)C3)nc12. The smallest absolute Gasteiger partial charge is 0.226 e. The molecule has 1 aromatic heterocycles. The minimum absolute atomic E-state index is 0.0638. The number of nitrogens with zero attached hydrogens (tertiary/aromatic N) is 1. The second-order valence-electron chi connectivity index (χ2n) is 5.46.